The maximum absolute atomic E-state index is 15.8. The maximum atomic E-state index is 15.8. The second-order valence-electron chi connectivity index (χ2n) is 19.8. The third-order valence-electron chi connectivity index (χ3n) is 12.6. The number of hydrogen-bond acceptors (Lipinski definition) is 11. The highest BCUT2D eigenvalue weighted by molar-refractivity contribution is 7.13. The van der Waals surface area contributed by atoms with Crippen LogP contribution in [0.2, 0.25) is 0 Å². The van der Waals surface area contributed by atoms with Crippen molar-refractivity contribution in [1.29, 1.82) is 0 Å². The zero-order valence-electron chi connectivity index (χ0n) is 40.5. The van der Waals surface area contributed by atoms with E-state index in [1.165, 1.54) is 15.9 Å². The van der Waals surface area contributed by atoms with Crippen molar-refractivity contribution in [1.82, 2.24) is 30.7 Å². The zero-order valence-corrected chi connectivity index (χ0v) is 41.3. The summed E-state index contributed by atoms with van der Waals surface area (Å²) in [6.07, 6.45) is 1.96. The number of primary amides is 1. The minimum absolute atomic E-state index is 0.0487. The van der Waals surface area contributed by atoms with E-state index in [-0.39, 0.29) is 74.8 Å². The Bertz CT molecular complexity index is 2230. The molecule has 372 valence electrons. The first kappa shape index (κ1) is 53.5. The van der Waals surface area contributed by atoms with E-state index in [9.17, 15) is 33.9 Å². The molecular formula is C50H71FN8O8S. The third-order valence-corrected chi connectivity index (χ3v) is 13.6. The number of β-amino-alcohol motifs (C(OH)–C–C–N with tert-alkyl or cyclic N) is 1. The number of aryl methyl sites for hydroxylation is 2. The van der Waals surface area contributed by atoms with Gasteiger partial charge >= 0.3 is 0 Å². The van der Waals surface area contributed by atoms with Crippen LogP contribution < -0.4 is 32.2 Å². The molecule has 2 aliphatic heterocycles. The molecule has 18 heteroatoms. The van der Waals surface area contributed by atoms with Gasteiger partial charge in [0, 0.05) is 32.4 Å². The van der Waals surface area contributed by atoms with Gasteiger partial charge in [-0.25, -0.2) is 9.37 Å². The highest BCUT2D eigenvalue weighted by Gasteiger charge is 2.45. The summed E-state index contributed by atoms with van der Waals surface area (Å²) in [6.45, 7) is 13.4. The molecule has 0 saturated carbocycles. The van der Waals surface area contributed by atoms with Crippen LogP contribution in [0.4, 0.5) is 4.39 Å². The van der Waals surface area contributed by atoms with Crippen LogP contribution in [0.1, 0.15) is 122 Å². The number of nitrogens with two attached hydrogens (primary N) is 2. The SMILES string of the molecule is Cc1ncsc1-c1ccc([C@H](C)NC(=O)[C@@H]2C[C@@H](O)CN2C(=O)C(NC(=O)CCCCc2cccc(OC[C@H](CCC(N)=O)NC(=O)[C@@H]3CCCN3C(=O)[C@@H](N)CC(C)C)c2F)C(C)(C)C)cc1. The fraction of sp³-hybridized carbons (Fsp3) is 0.580. The van der Waals surface area contributed by atoms with Crippen LogP contribution in [0.25, 0.3) is 10.4 Å². The van der Waals surface area contributed by atoms with Crippen molar-refractivity contribution in [2.75, 3.05) is 19.7 Å². The van der Waals surface area contributed by atoms with Crippen LogP contribution in [0.5, 0.6) is 5.75 Å². The van der Waals surface area contributed by atoms with Crippen LogP contribution >= 0.6 is 11.3 Å². The second kappa shape index (κ2) is 24.2. The summed E-state index contributed by atoms with van der Waals surface area (Å²) in [4.78, 5) is 87.8. The monoisotopic (exact) mass is 963 g/mol. The molecule has 1 unspecified atom stereocenters. The van der Waals surface area contributed by atoms with E-state index in [1.807, 2.05) is 72.7 Å². The molecule has 3 aromatic rings. The lowest BCUT2D eigenvalue weighted by molar-refractivity contribution is -0.144. The van der Waals surface area contributed by atoms with E-state index < -0.39 is 71.2 Å². The first-order valence-corrected chi connectivity index (χ1v) is 24.7. The molecule has 3 heterocycles. The first-order chi connectivity index (χ1) is 32.1. The number of rotatable bonds is 22. The van der Waals surface area contributed by atoms with Gasteiger partial charge < -0.3 is 47.1 Å². The number of likely N-dealkylation sites (tertiary alicyclic amines) is 2. The number of aromatic nitrogens is 1. The van der Waals surface area contributed by atoms with E-state index in [1.54, 1.807) is 29.0 Å². The number of benzene rings is 2. The molecule has 7 atom stereocenters. The Labute approximate surface area is 403 Å². The Morgan fingerprint density at radius 3 is 2.29 bits per heavy atom. The van der Waals surface area contributed by atoms with Crippen LogP contribution in [0.3, 0.4) is 0 Å². The number of ether oxygens (including phenoxy) is 1. The number of halogens is 1. The second-order valence-corrected chi connectivity index (χ2v) is 20.6. The lowest BCUT2D eigenvalue weighted by atomic mass is 9.85. The molecule has 6 amide bonds. The van der Waals surface area contributed by atoms with E-state index in [0.717, 1.165) is 21.7 Å². The number of nitrogens with one attached hydrogen (secondary N) is 3. The number of carbonyl (C=O) groups excluding carboxylic acids is 6. The van der Waals surface area contributed by atoms with Gasteiger partial charge in [-0.15, -0.1) is 11.3 Å². The van der Waals surface area contributed by atoms with Crippen molar-refractivity contribution >= 4 is 46.8 Å². The standard InChI is InChI=1S/C50H71FN8O8S/c1-29(2)24-37(52)48(65)58-23-11-14-38(58)46(63)56-35(21-22-41(53)61)27-67-40-15-10-13-33(43(40)51)12-8-9-16-42(62)57-45(50(5,6)7)49(66)59-26-36(60)25-39(59)47(64)55-30(3)32-17-19-34(20-18-32)44-31(4)54-28-68-44/h10,13,15,17-20,28-30,35-39,45,60H,8-9,11-12,14,16,21-27,52H2,1-7H3,(H2,53,61)(H,55,64)(H,56,63)(H,57,62)/t30-,35-,36+,37-,38-,39-,45?/m0/s1. The predicted octanol–water partition coefficient (Wildman–Crippen LogP) is 4.83. The molecule has 2 aliphatic rings. The number of aliphatic hydroxyl groups excluding tert-OH is 1. The molecule has 0 radical (unpaired) electrons. The van der Waals surface area contributed by atoms with Crippen molar-refractivity contribution in [2.24, 2.45) is 22.8 Å². The van der Waals surface area contributed by atoms with Gasteiger partial charge in [0.2, 0.25) is 35.4 Å². The van der Waals surface area contributed by atoms with Gasteiger partial charge in [0.05, 0.1) is 40.3 Å². The predicted molar refractivity (Wildman–Crippen MR) is 258 cm³/mol. The van der Waals surface area contributed by atoms with Crippen molar-refractivity contribution in [2.45, 2.75) is 155 Å². The molecule has 16 nitrogen and oxygen atoms in total. The number of aliphatic hydroxyl groups is 1. The van der Waals surface area contributed by atoms with Crippen molar-refractivity contribution in [3.05, 3.63) is 70.6 Å². The molecule has 5 rings (SSSR count). The number of amides is 6. The minimum Gasteiger partial charge on any atom is -0.488 e. The maximum Gasteiger partial charge on any atom is 0.246 e. The summed E-state index contributed by atoms with van der Waals surface area (Å²) < 4.78 is 21.7. The van der Waals surface area contributed by atoms with Gasteiger partial charge in [0.1, 0.15) is 24.7 Å². The van der Waals surface area contributed by atoms with Crippen LogP contribution in [-0.4, -0.2) is 111 Å². The topological polar surface area (TPSA) is 239 Å². The van der Waals surface area contributed by atoms with Gasteiger partial charge in [0.15, 0.2) is 11.6 Å². The molecule has 8 N–H and O–H groups in total. The largest absolute Gasteiger partial charge is 0.488 e. The molecule has 0 spiro atoms. The average Bonchev–Trinajstić information content (AvgIpc) is 4.05. The Morgan fingerprint density at radius 2 is 1.65 bits per heavy atom. The van der Waals surface area contributed by atoms with Crippen LogP contribution in [-0.2, 0) is 35.2 Å². The molecule has 0 bridgehead atoms. The molecule has 68 heavy (non-hydrogen) atoms. The number of hydrogen-bond donors (Lipinski definition) is 6. The highest BCUT2D eigenvalue weighted by Crippen LogP contribution is 2.30. The molecule has 0 aliphatic carbocycles. The summed E-state index contributed by atoms with van der Waals surface area (Å²) in [5, 5.41) is 19.5. The Morgan fingerprint density at radius 1 is 0.941 bits per heavy atom. The lowest BCUT2D eigenvalue weighted by Crippen LogP contribution is -2.57. The highest BCUT2D eigenvalue weighted by atomic mass is 32.1. The van der Waals surface area contributed by atoms with Gasteiger partial charge in [-0.1, -0.05) is 71.0 Å². The van der Waals surface area contributed by atoms with Gasteiger partial charge in [-0.3, -0.25) is 28.8 Å². The van der Waals surface area contributed by atoms with Crippen LogP contribution in [0.15, 0.2) is 48.0 Å². The minimum atomic E-state index is -0.994. The van der Waals surface area contributed by atoms with Crippen molar-refractivity contribution in [3.8, 4) is 16.2 Å². The summed E-state index contributed by atoms with van der Waals surface area (Å²) in [6, 6.07) is 8.12. The van der Waals surface area contributed by atoms with Crippen LogP contribution in [0, 0.1) is 24.1 Å². The smallest absolute Gasteiger partial charge is 0.246 e. The van der Waals surface area contributed by atoms with E-state index in [4.69, 9.17) is 16.2 Å². The van der Waals surface area contributed by atoms with Gasteiger partial charge in [0.25, 0.3) is 0 Å². The summed E-state index contributed by atoms with van der Waals surface area (Å²) in [7, 11) is 0. The number of nitrogens with zero attached hydrogens (tertiary/aromatic N) is 3. The average molecular weight is 963 g/mol. The van der Waals surface area contributed by atoms with Crippen molar-refractivity contribution in [3.63, 3.8) is 0 Å². The number of carbonyl (C=O) groups is 6. The molecule has 2 fully saturated rings. The Balaban J connectivity index is 1.13. The fourth-order valence-corrected chi connectivity index (χ4v) is 9.65. The summed E-state index contributed by atoms with van der Waals surface area (Å²) in [5.74, 6) is -2.95. The molecule has 2 saturated heterocycles. The Kier molecular flexibility index (Phi) is 19.0. The summed E-state index contributed by atoms with van der Waals surface area (Å²) in [5.41, 5.74) is 15.8. The lowest BCUT2D eigenvalue weighted by Gasteiger charge is -2.35. The number of thiazole rings is 1. The fourth-order valence-electron chi connectivity index (χ4n) is 8.84. The molecular weight excluding hydrogens is 892 g/mol. The molecule has 2 aromatic carbocycles. The van der Waals surface area contributed by atoms with Gasteiger partial charge in [-0.2, -0.15) is 0 Å². The normalized spacial score (nSPS) is 19.0. The Hall–Kier alpha value is -5.46. The quantitative estimate of drug-likeness (QED) is 0.0750. The third kappa shape index (κ3) is 14.5. The number of unbranched alkanes of at least 4 members (excludes halogenated alkanes) is 1. The first-order valence-electron chi connectivity index (χ1n) is 23.8. The van der Waals surface area contributed by atoms with Crippen molar-refractivity contribution < 1.29 is 43.0 Å². The molecule has 1 aromatic heterocycles. The van der Waals surface area contributed by atoms with E-state index in [0.29, 0.717) is 44.2 Å². The van der Waals surface area contributed by atoms with E-state index >= 15 is 4.39 Å². The summed E-state index contributed by atoms with van der Waals surface area (Å²) >= 11 is 1.56. The van der Waals surface area contributed by atoms with Gasteiger partial charge in [-0.05, 0) is 92.9 Å². The van der Waals surface area contributed by atoms with E-state index in [2.05, 4.69) is 20.9 Å². The zero-order chi connectivity index (χ0) is 49.9.